The van der Waals surface area contributed by atoms with Crippen molar-refractivity contribution >= 4 is 10.9 Å². The molecule has 0 radical (unpaired) electrons. The summed E-state index contributed by atoms with van der Waals surface area (Å²) in [6.45, 7) is 0. The molecule has 0 fully saturated rings. The first-order chi connectivity index (χ1) is 6.74. The van der Waals surface area contributed by atoms with Gasteiger partial charge in [-0.3, -0.25) is 4.79 Å². The maximum atomic E-state index is 11.4. The predicted octanol–water partition coefficient (Wildman–Crippen LogP) is 1.24. The zero-order valence-electron chi connectivity index (χ0n) is 7.57. The third-order valence-corrected chi connectivity index (χ3v) is 2.09. The van der Waals surface area contributed by atoms with Crippen molar-refractivity contribution in [2.45, 2.75) is 0 Å². The van der Waals surface area contributed by atoms with Crippen LogP contribution in [-0.4, -0.2) is 17.2 Å². The predicted molar refractivity (Wildman–Crippen MR) is 52.8 cm³/mol. The van der Waals surface area contributed by atoms with Gasteiger partial charge < -0.3 is 14.8 Å². The van der Waals surface area contributed by atoms with Crippen LogP contribution in [0.15, 0.2) is 29.2 Å². The molecule has 0 amide bonds. The standard InChI is InChI=1S/C10H9NO3/c1-14-8-3-2-6-7(12)4-5-11-9(6)10(8)13/h2-5,13H,1H3,(H,11,12). The Bertz CT molecular complexity index is 530. The number of phenols is 1. The molecule has 0 spiro atoms. The number of fused-ring (bicyclic) bond motifs is 1. The number of ether oxygens (including phenoxy) is 1. The van der Waals surface area contributed by atoms with Crippen LogP contribution in [0.4, 0.5) is 0 Å². The van der Waals surface area contributed by atoms with E-state index < -0.39 is 0 Å². The first-order valence-electron chi connectivity index (χ1n) is 4.11. The number of hydrogen-bond donors (Lipinski definition) is 2. The van der Waals surface area contributed by atoms with Crippen LogP contribution >= 0.6 is 0 Å². The van der Waals surface area contributed by atoms with Gasteiger partial charge in [0.25, 0.3) is 0 Å². The van der Waals surface area contributed by atoms with Gasteiger partial charge in [0.05, 0.1) is 12.6 Å². The molecule has 0 aliphatic rings. The van der Waals surface area contributed by atoms with Crippen LogP contribution in [0.1, 0.15) is 0 Å². The topological polar surface area (TPSA) is 62.3 Å². The molecular formula is C10H9NO3. The van der Waals surface area contributed by atoms with Crippen LogP contribution in [0.5, 0.6) is 11.5 Å². The third-order valence-electron chi connectivity index (χ3n) is 2.09. The highest BCUT2D eigenvalue weighted by Crippen LogP contribution is 2.30. The summed E-state index contributed by atoms with van der Waals surface area (Å²) >= 11 is 0. The highest BCUT2D eigenvalue weighted by atomic mass is 16.5. The van der Waals surface area contributed by atoms with E-state index in [1.807, 2.05) is 0 Å². The average Bonchev–Trinajstić information content (AvgIpc) is 2.20. The van der Waals surface area contributed by atoms with E-state index in [1.54, 1.807) is 12.1 Å². The molecule has 0 atom stereocenters. The quantitative estimate of drug-likeness (QED) is 0.712. The number of phenolic OH excluding ortho intramolecular Hbond substituents is 1. The van der Waals surface area contributed by atoms with E-state index in [1.165, 1.54) is 19.4 Å². The molecule has 0 bridgehead atoms. The Labute approximate surface area is 79.8 Å². The Hall–Kier alpha value is -1.97. The Morgan fingerprint density at radius 1 is 1.36 bits per heavy atom. The zero-order chi connectivity index (χ0) is 10.1. The van der Waals surface area contributed by atoms with Gasteiger partial charge in [-0.1, -0.05) is 0 Å². The number of rotatable bonds is 1. The summed E-state index contributed by atoms with van der Waals surface area (Å²) in [7, 11) is 1.46. The zero-order valence-corrected chi connectivity index (χ0v) is 7.57. The van der Waals surface area contributed by atoms with Gasteiger partial charge in [0, 0.05) is 17.6 Å². The number of aromatic nitrogens is 1. The SMILES string of the molecule is COc1ccc2c(=O)cc[nH]c2c1O. The number of aromatic amines is 1. The maximum Gasteiger partial charge on any atom is 0.189 e. The minimum Gasteiger partial charge on any atom is -0.503 e. The number of pyridine rings is 1. The summed E-state index contributed by atoms with van der Waals surface area (Å²) in [4.78, 5) is 14.2. The molecule has 2 rings (SSSR count). The van der Waals surface area contributed by atoms with E-state index in [0.29, 0.717) is 16.7 Å². The first kappa shape index (κ1) is 8.62. The van der Waals surface area contributed by atoms with Crippen LogP contribution in [0, 0.1) is 0 Å². The fourth-order valence-electron chi connectivity index (χ4n) is 1.38. The van der Waals surface area contributed by atoms with Crippen molar-refractivity contribution in [3.05, 3.63) is 34.6 Å². The van der Waals surface area contributed by atoms with Crippen molar-refractivity contribution < 1.29 is 9.84 Å². The lowest BCUT2D eigenvalue weighted by Gasteiger charge is -2.05. The van der Waals surface area contributed by atoms with Crippen LogP contribution in [0.2, 0.25) is 0 Å². The lowest BCUT2D eigenvalue weighted by Crippen LogP contribution is -2.00. The van der Waals surface area contributed by atoms with Crippen LogP contribution in [0.25, 0.3) is 10.9 Å². The molecule has 0 saturated carbocycles. The van der Waals surface area contributed by atoms with Crippen molar-refractivity contribution in [2.24, 2.45) is 0 Å². The van der Waals surface area contributed by atoms with E-state index in [2.05, 4.69) is 4.98 Å². The Balaban J connectivity index is 2.91. The normalized spacial score (nSPS) is 10.4. The minimum atomic E-state index is -0.128. The van der Waals surface area contributed by atoms with E-state index in [-0.39, 0.29) is 11.2 Å². The van der Waals surface area contributed by atoms with Gasteiger partial charge in [0.1, 0.15) is 0 Å². The number of aromatic hydroxyl groups is 1. The summed E-state index contributed by atoms with van der Waals surface area (Å²) in [6.07, 6.45) is 1.49. The molecule has 1 heterocycles. The minimum absolute atomic E-state index is 0.0392. The smallest absolute Gasteiger partial charge is 0.189 e. The van der Waals surface area contributed by atoms with Crippen molar-refractivity contribution in [2.75, 3.05) is 7.11 Å². The number of benzene rings is 1. The largest absolute Gasteiger partial charge is 0.503 e. The number of methoxy groups -OCH3 is 1. The van der Waals surface area contributed by atoms with Gasteiger partial charge in [0.2, 0.25) is 0 Å². The maximum absolute atomic E-state index is 11.4. The Kier molecular flexibility index (Phi) is 1.89. The lowest BCUT2D eigenvalue weighted by atomic mass is 10.2. The molecular weight excluding hydrogens is 182 g/mol. The third kappa shape index (κ3) is 1.12. The molecule has 0 saturated heterocycles. The van der Waals surface area contributed by atoms with Gasteiger partial charge in [-0.05, 0) is 12.1 Å². The average molecular weight is 191 g/mol. The fraction of sp³-hybridized carbons (Fsp3) is 0.100. The van der Waals surface area contributed by atoms with Gasteiger partial charge in [-0.2, -0.15) is 0 Å². The van der Waals surface area contributed by atoms with E-state index in [0.717, 1.165) is 0 Å². The second-order valence-electron chi connectivity index (χ2n) is 2.88. The number of hydrogen-bond acceptors (Lipinski definition) is 3. The second-order valence-corrected chi connectivity index (χ2v) is 2.88. The summed E-state index contributed by atoms with van der Waals surface area (Å²) in [6, 6.07) is 4.59. The van der Waals surface area contributed by atoms with Crippen LogP contribution < -0.4 is 10.2 Å². The summed E-state index contributed by atoms with van der Waals surface area (Å²) < 4.78 is 4.92. The van der Waals surface area contributed by atoms with Gasteiger partial charge in [-0.15, -0.1) is 0 Å². The summed E-state index contributed by atoms with van der Waals surface area (Å²) in [5.74, 6) is 0.307. The molecule has 4 heteroatoms. The summed E-state index contributed by atoms with van der Waals surface area (Å²) in [5.41, 5.74) is 0.272. The highest BCUT2D eigenvalue weighted by Gasteiger charge is 2.07. The summed E-state index contributed by atoms with van der Waals surface area (Å²) in [5, 5.41) is 10.1. The van der Waals surface area contributed by atoms with E-state index in [9.17, 15) is 9.90 Å². The Morgan fingerprint density at radius 3 is 2.86 bits per heavy atom. The van der Waals surface area contributed by atoms with Crippen LogP contribution in [-0.2, 0) is 0 Å². The molecule has 0 unspecified atom stereocenters. The fourth-order valence-corrected chi connectivity index (χ4v) is 1.38. The number of nitrogens with one attached hydrogen (secondary N) is 1. The van der Waals surface area contributed by atoms with Crippen molar-refractivity contribution in [3.8, 4) is 11.5 Å². The molecule has 1 aromatic heterocycles. The molecule has 2 N–H and O–H groups in total. The molecule has 1 aromatic carbocycles. The molecule has 72 valence electrons. The van der Waals surface area contributed by atoms with Gasteiger partial charge in [0.15, 0.2) is 16.9 Å². The van der Waals surface area contributed by atoms with Gasteiger partial charge >= 0.3 is 0 Å². The number of H-pyrrole nitrogens is 1. The Morgan fingerprint density at radius 2 is 2.14 bits per heavy atom. The van der Waals surface area contributed by atoms with Crippen molar-refractivity contribution in [3.63, 3.8) is 0 Å². The molecule has 0 aliphatic heterocycles. The van der Waals surface area contributed by atoms with Gasteiger partial charge in [-0.25, -0.2) is 0 Å². The molecule has 2 aromatic rings. The molecule has 14 heavy (non-hydrogen) atoms. The molecule has 0 aliphatic carbocycles. The monoisotopic (exact) mass is 191 g/mol. The highest BCUT2D eigenvalue weighted by molar-refractivity contribution is 5.86. The van der Waals surface area contributed by atoms with Crippen molar-refractivity contribution in [1.29, 1.82) is 0 Å². The van der Waals surface area contributed by atoms with E-state index in [4.69, 9.17) is 4.74 Å². The lowest BCUT2D eigenvalue weighted by molar-refractivity contribution is 0.376. The molecule has 4 nitrogen and oxygen atoms in total. The first-order valence-corrected chi connectivity index (χ1v) is 4.11. The van der Waals surface area contributed by atoms with Crippen LogP contribution in [0.3, 0.4) is 0 Å². The second kappa shape index (κ2) is 3.06. The van der Waals surface area contributed by atoms with Crippen molar-refractivity contribution in [1.82, 2.24) is 4.98 Å². The van der Waals surface area contributed by atoms with E-state index >= 15 is 0 Å².